The Balaban J connectivity index is 1.27. The molecule has 0 saturated carbocycles. The molecule has 4 heterocycles. The lowest BCUT2D eigenvalue weighted by atomic mass is 9.78. The highest BCUT2D eigenvalue weighted by Gasteiger charge is 2.43. The van der Waals surface area contributed by atoms with Crippen molar-refractivity contribution in [3.05, 3.63) is 86.2 Å². The summed E-state index contributed by atoms with van der Waals surface area (Å²) in [7, 11) is 2.23. The van der Waals surface area contributed by atoms with Gasteiger partial charge in [0.25, 0.3) is 0 Å². The number of rotatable bonds is 13. The third kappa shape index (κ3) is 8.08. The Morgan fingerprint density at radius 1 is 0.863 bits per heavy atom. The van der Waals surface area contributed by atoms with Gasteiger partial charge in [-0.05, 0) is 82.3 Å². The number of carbonyl (C=O) groups is 3. The molecule has 2 aromatic carbocycles. The predicted octanol–water partition coefficient (Wildman–Crippen LogP) is 4.88. The van der Waals surface area contributed by atoms with E-state index in [1.807, 2.05) is 24.3 Å². The second-order valence-corrected chi connectivity index (χ2v) is 14.8. The summed E-state index contributed by atoms with van der Waals surface area (Å²) in [5, 5.41) is 24.7. The molecule has 3 unspecified atom stereocenters. The van der Waals surface area contributed by atoms with Gasteiger partial charge in [0.05, 0.1) is 30.1 Å². The van der Waals surface area contributed by atoms with Crippen LogP contribution in [0.4, 0.5) is 0 Å². The lowest BCUT2D eigenvalue weighted by Gasteiger charge is -2.45. The molecule has 13 heteroatoms. The van der Waals surface area contributed by atoms with Crippen LogP contribution in [0.2, 0.25) is 10.0 Å². The van der Waals surface area contributed by atoms with Gasteiger partial charge >= 0.3 is 11.9 Å². The second kappa shape index (κ2) is 16.4. The maximum Gasteiger partial charge on any atom is 0.334 e. The van der Waals surface area contributed by atoms with Gasteiger partial charge in [0.2, 0.25) is 5.91 Å². The summed E-state index contributed by atoms with van der Waals surface area (Å²) in [6.07, 6.45) is 5.81. The van der Waals surface area contributed by atoms with Gasteiger partial charge in [-0.15, -0.1) is 0 Å². The first-order valence-electron chi connectivity index (χ1n) is 17.9. The molecule has 3 atom stereocenters. The number of nitrogens with one attached hydrogen (secondary N) is 1. The van der Waals surface area contributed by atoms with Crippen molar-refractivity contribution in [2.45, 2.75) is 75.4 Å². The van der Waals surface area contributed by atoms with Crippen LogP contribution in [-0.2, 0) is 20.8 Å². The van der Waals surface area contributed by atoms with E-state index in [-0.39, 0.29) is 56.9 Å². The smallest absolute Gasteiger partial charge is 0.334 e. The van der Waals surface area contributed by atoms with E-state index in [0.717, 1.165) is 31.5 Å². The van der Waals surface area contributed by atoms with Crippen molar-refractivity contribution < 1.29 is 29.3 Å². The predicted molar refractivity (Wildman–Crippen MR) is 196 cm³/mol. The first kappa shape index (κ1) is 37.2. The molecule has 3 fully saturated rings. The number of amides is 1. The number of carboxylic acids is 2. The van der Waals surface area contributed by atoms with E-state index in [0.29, 0.717) is 63.0 Å². The molecule has 5 N–H and O–H groups in total. The zero-order chi connectivity index (χ0) is 36.2. The summed E-state index contributed by atoms with van der Waals surface area (Å²) in [6, 6.07) is 14.0. The lowest BCUT2D eigenvalue weighted by molar-refractivity contribution is -0.133. The largest absolute Gasteiger partial charge is 0.493 e. The number of nitrogens with zero attached hydrogens (tertiary/aromatic N) is 3. The van der Waals surface area contributed by atoms with Crippen molar-refractivity contribution in [1.29, 1.82) is 0 Å². The number of fused-ring (bicyclic) bond motifs is 2. The zero-order valence-corrected chi connectivity index (χ0v) is 30.5. The lowest BCUT2D eigenvalue weighted by Crippen LogP contribution is -2.56. The van der Waals surface area contributed by atoms with Crippen LogP contribution < -0.4 is 15.8 Å². The number of carboxylic acid groups (broad SMARTS) is 2. The monoisotopic (exact) mass is 739 g/mol. The first-order valence-corrected chi connectivity index (χ1v) is 18.6. The summed E-state index contributed by atoms with van der Waals surface area (Å²) in [5.41, 5.74) is 6.65. The fourth-order valence-electron chi connectivity index (χ4n) is 8.38. The number of aliphatic carboxylic acids is 2. The molecule has 274 valence electrons. The van der Waals surface area contributed by atoms with Crippen LogP contribution >= 0.6 is 23.2 Å². The fourth-order valence-corrected chi connectivity index (χ4v) is 9.00. The van der Waals surface area contributed by atoms with Crippen molar-refractivity contribution in [1.82, 2.24) is 20.0 Å². The Labute approximate surface area is 309 Å². The number of dihydropyridines is 1. The Bertz CT molecular complexity index is 1670. The van der Waals surface area contributed by atoms with Crippen LogP contribution in [0, 0.1) is 0 Å². The highest BCUT2D eigenvalue weighted by molar-refractivity contribution is 6.36. The SMILES string of the molecule is CN1C2CCC1CC(N1CCN(C(=O)CC3=C(C(=O)O)C(c4c(Cl)cccc4Cl)C(C(=O)O)=C(CCc4ccccc4OCCCN)N3)CC1)C2. The number of benzene rings is 2. The molecule has 0 aromatic heterocycles. The van der Waals surface area contributed by atoms with Crippen LogP contribution in [-0.4, -0.2) is 107 Å². The zero-order valence-electron chi connectivity index (χ0n) is 29.0. The van der Waals surface area contributed by atoms with Crippen molar-refractivity contribution >= 4 is 41.0 Å². The minimum absolute atomic E-state index is 0.133. The summed E-state index contributed by atoms with van der Waals surface area (Å²) in [6.45, 7) is 3.53. The number of hydrogen-bond acceptors (Lipinski definition) is 8. The van der Waals surface area contributed by atoms with Crippen molar-refractivity contribution in [3.8, 4) is 5.75 Å². The van der Waals surface area contributed by atoms with E-state index in [2.05, 4.69) is 22.2 Å². The summed E-state index contributed by atoms with van der Waals surface area (Å²) >= 11 is 13.3. The van der Waals surface area contributed by atoms with Gasteiger partial charge in [0, 0.05) is 71.3 Å². The van der Waals surface area contributed by atoms with Gasteiger partial charge in [0.1, 0.15) is 5.75 Å². The Hall–Kier alpha value is -3.61. The molecule has 0 spiro atoms. The molecular weight excluding hydrogens is 693 g/mol. The Morgan fingerprint density at radius 2 is 1.49 bits per heavy atom. The van der Waals surface area contributed by atoms with E-state index in [1.165, 1.54) is 12.8 Å². The number of ether oxygens (including phenoxy) is 1. The van der Waals surface area contributed by atoms with E-state index in [4.69, 9.17) is 33.7 Å². The van der Waals surface area contributed by atoms with Crippen LogP contribution in [0.25, 0.3) is 0 Å². The number of allylic oxidation sites excluding steroid dienone is 1. The van der Waals surface area contributed by atoms with Crippen molar-refractivity contribution in [2.75, 3.05) is 46.4 Å². The van der Waals surface area contributed by atoms with Gasteiger partial charge in [-0.1, -0.05) is 47.5 Å². The number of piperazine rings is 1. The summed E-state index contributed by atoms with van der Waals surface area (Å²) in [4.78, 5) is 46.9. The van der Waals surface area contributed by atoms with Crippen molar-refractivity contribution in [3.63, 3.8) is 0 Å². The molecule has 0 radical (unpaired) electrons. The standard InChI is InChI=1S/C38H47Cl2N5O6/c1-43-24-11-12-25(43)21-26(20-24)44-15-17-45(18-16-44)32(46)22-30-35(38(49)50)36(33-27(39)7-4-8-28(33)40)34(37(47)48)29(42-30)13-10-23-6-2-3-9-31(23)51-19-5-14-41/h2-4,6-9,24-26,36,42H,5,10-22,41H2,1H3,(H,47,48)(H,49,50). The average Bonchev–Trinajstić information content (AvgIpc) is 3.29. The van der Waals surface area contributed by atoms with E-state index < -0.39 is 17.9 Å². The topological polar surface area (TPSA) is 149 Å². The van der Waals surface area contributed by atoms with Crippen LogP contribution in [0.15, 0.2) is 65.0 Å². The maximum atomic E-state index is 13.9. The highest BCUT2D eigenvalue weighted by atomic mass is 35.5. The summed E-state index contributed by atoms with van der Waals surface area (Å²) in [5.74, 6) is -3.56. The number of piperidine rings is 1. The first-order chi connectivity index (χ1) is 24.6. The Kier molecular flexibility index (Phi) is 11.9. The fraction of sp³-hybridized carbons (Fsp3) is 0.500. The van der Waals surface area contributed by atoms with Gasteiger partial charge in [-0.25, -0.2) is 9.59 Å². The number of aryl methyl sites for hydroxylation is 1. The maximum absolute atomic E-state index is 13.9. The minimum atomic E-state index is -1.36. The molecule has 2 bridgehead atoms. The third-order valence-corrected chi connectivity index (χ3v) is 11.7. The number of carbonyl (C=O) groups excluding carboxylic acids is 1. The Morgan fingerprint density at radius 3 is 2.12 bits per heavy atom. The molecule has 11 nitrogen and oxygen atoms in total. The van der Waals surface area contributed by atoms with Gasteiger partial charge in [0.15, 0.2) is 0 Å². The average molecular weight is 741 g/mol. The minimum Gasteiger partial charge on any atom is -0.493 e. The quantitative estimate of drug-likeness (QED) is 0.210. The van der Waals surface area contributed by atoms with Crippen LogP contribution in [0.5, 0.6) is 5.75 Å². The molecule has 51 heavy (non-hydrogen) atoms. The molecule has 0 aliphatic carbocycles. The number of nitrogens with two attached hydrogens (primary N) is 1. The highest BCUT2D eigenvalue weighted by Crippen LogP contribution is 2.45. The van der Waals surface area contributed by atoms with E-state index in [1.54, 1.807) is 23.1 Å². The van der Waals surface area contributed by atoms with Gasteiger partial charge in [-0.2, -0.15) is 0 Å². The number of halogens is 2. The number of para-hydroxylation sites is 1. The molecule has 4 aliphatic rings. The van der Waals surface area contributed by atoms with E-state index >= 15 is 0 Å². The molecule has 3 saturated heterocycles. The van der Waals surface area contributed by atoms with Gasteiger partial charge < -0.3 is 35.8 Å². The van der Waals surface area contributed by atoms with E-state index in [9.17, 15) is 24.6 Å². The van der Waals surface area contributed by atoms with Crippen LogP contribution in [0.3, 0.4) is 0 Å². The molecule has 6 rings (SSSR count). The molecular formula is C38H47Cl2N5O6. The third-order valence-electron chi connectivity index (χ3n) is 11.1. The molecule has 4 aliphatic heterocycles. The molecule has 1 amide bonds. The summed E-state index contributed by atoms with van der Waals surface area (Å²) < 4.78 is 5.96. The van der Waals surface area contributed by atoms with Crippen molar-refractivity contribution in [2.24, 2.45) is 5.73 Å². The van der Waals surface area contributed by atoms with Gasteiger partial charge in [-0.3, -0.25) is 9.69 Å². The number of hydrogen-bond donors (Lipinski definition) is 4. The van der Waals surface area contributed by atoms with Crippen LogP contribution in [0.1, 0.15) is 62.0 Å². The molecule has 2 aromatic rings. The normalized spacial score (nSPS) is 24.1. The second-order valence-electron chi connectivity index (χ2n) is 14.0.